The van der Waals surface area contributed by atoms with Crippen molar-refractivity contribution in [3.63, 3.8) is 0 Å². The first-order valence-corrected chi connectivity index (χ1v) is 9.12. The Morgan fingerprint density at radius 2 is 1.90 bits per heavy atom. The Hall–Kier alpha value is -0.450. The Kier molecular flexibility index (Phi) is 6.20. The molecule has 0 bridgehead atoms. The van der Waals surface area contributed by atoms with Crippen LogP contribution in [0.25, 0.3) is 0 Å². The van der Waals surface area contributed by atoms with E-state index >= 15 is 0 Å². The van der Waals surface area contributed by atoms with Crippen LogP contribution in [0.3, 0.4) is 0 Å². The maximum atomic E-state index is 6.02. The zero-order valence-electron chi connectivity index (χ0n) is 14.0. The van der Waals surface area contributed by atoms with E-state index in [1.807, 2.05) is 25.5 Å². The van der Waals surface area contributed by atoms with Crippen molar-refractivity contribution in [2.75, 3.05) is 14.2 Å². The molecule has 0 aliphatic heterocycles. The molecule has 0 radical (unpaired) electrons. The van der Waals surface area contributed by atoms with E-state index in [4.69, 9.17) is 9.72 Å². The molecule has 0 unspecified atom stereocenters. The largest absolute Gasteiger partial charge is 0.371 e. The number of hydrogen-bond acceptors (Lipinski definition) is 4. The molecule has 3 nitrogen and oxygen atoms in total. The second-order valence-electron chi connectivity index (χ2n) is 6.63. The van der Waals surface area contributed by atoms with Gasteiger partial charge in [-0.2, -0.15) is 0 Å². The van der Waals surface area contributed by atoms with E-state index in [1.54, 1.807) is 0 Å². The van der Waals surface area contributed by atoms with Crippen molar-refractivity contribution >= 4 is 11.3 Å². The highest BCUT2D eigenvalue weighted by molar-refractivity contribution is 7.11. The summed E-state index contributed by atoms with van der Waals surface area (Å²) in [4.78, 5) is 6.42. The third-order valence-electron chi connectivity index (χ3n) is 4.41. The summed E-state index contributed by atoms with van der Waals surface area (Å²) in [5.41, 5.74) is 1.15. The quantitative estimate of drug-likeness (QED) is 0.797. The van der Waals surface area contributed by atoms with Crippen molar-refractivity contribution in [2.45, 2.75) is 70.9 Å². The van der Waals surface area contributed by atoms with Crippen LogP contribution < -0.4 is 5.32 Å². The molecule has 1 aromatic rings. The molecular weight excluding hydrogens is 280 g/mol. The standard InChI is InChI=1S/C17H30N2OS/c1-13(2)11-14-15(12-18-3)21-16(19-14)17(20-4)9-7-5-6-8-10-17/h13,18H,5-12H2,1-4H3. The summed E-state index contributed by atoms with van der Waals surface area (Å²) in [7, 11) is 3.88. The highest BCUT2D eigenvalue weighted by Gasteiger charge is 2.36. The Morgan fingerprint density at radius 1 is 1.24 bits per heavy atom. The van der Waals surface area contributed by atoms with E-state index in [-0.39, 0.29) is 5.60 Å². The van der Waals surface area contributed by atoms with E-state index in [0.29, 0.717) is 5.92 Å². The van der Waals surface area contributed by atoms with Gasteiger partial charge in [-0.05, 0) is 32.2 Å². The van der Waals surface area contributed by atoms with Crippen LogP contribution in [0.2, 0.25) is 0 Å². The maximum Gasteiger partial charge on any atom is 0.125 e. The molecule has 0 atom stereocenters. The molecule has 4 heteroatoms. The number of methoxy groups -OCH3 is 1. The lowest BCUT2D eigenvalue weighted by Crippen LogP contribution is -2.27. The number of aromatic nitrogens is 1. The van der Waals surface area contributed by atoms with Gasteiger partial charge in [0.2, 0.25) is 0 Å². The zero-order valence-corrected chi connectivity index (χ0v) is 14.8. The first kappa shape index (κ1) is 16.9. The third kappa shape index (κ3) is 4.05. The summed E-state index contributed by atoms with van der Waals surface area (Å²) in [6.45, 7) is 5.44. The van der Waals surface area contributed by atoms with Gasteiger partial charge in [-0.25, -0.2) is 4.98 Å². The fraction of sp³-hybridized carbons (Fsp3) is 0.824. The van der Waals surface area contributed by atoms with Gasteiger partial charge < -0.3 is 10.1 Å². The molecule has 21 heavy (non-hydrogen) atoms. The second kappa shape index (κ2) is 7.70. The summed E-state index contributed by atoms with van der Waals surface area (Å²) in [6, 6.07) is 0. The molecule has 0 saturated heterocycles. The lowest BCUT2D eigenvalue weighted by molar-refractivity contribution is -0.0280. The van der Waals surface area contributed by atoms with Crippen LogP contribution in [-0.2, 0) is 23.3 Å². The minimum Gasteiger partial charge on any atom is -0.371 e. The van der Waals surface area contributed by atoms with Crippen LogP contribution in [0.5, 0.6) is 0 Å². The average Bonchev–Trinajstić information content (AvgIpc) is 2.71. The number of hydrogen-bond donors (Lipinski definition) is 1. The molecule has 2 rings (SSSR count). The second-order valence-corrected chi connectivity index (χ2v) is 7.71. The predicted molar refractivity (Wildman–Crippen MR) is 89.8 cm³/mol. The molecule has 1 saturated carbocycles. The number of thiazole rings is 1. The van der Waals surface area contributed by atoms with E-state index < -0.39 is 0 Å². The van der Waals surface area contributed by atoms with Crippen molar-refractivity contribution < 1.29 is 4.74 Å². The highest BCUT2D eigenvalue weighted by atomic mass is 32.1. The van der Waals surface area contributed by atoms with Gasteiger partial charge >= 0.3 is 0 Å². The lowest BCUT2D eigenvalue weighted by atomic mass is 9.95. The SMILES string of the molecule is CNCc1sc(C2(OC)CCCCCC2)nc1CC(C)C. The Balaban J connectivity index is 2.31. The number of ether oxygens (including phenoxy) is 1. The third-order valence-corrected chi connectivity index (χ3v) is 5.69. The van der Waals surface area contributed by atoms with Gasteiger partial charge in [0, 0.05) is 18.5 Å². The predicted octanol–water partition coefficient (Wildman–Crippen LogP) is 4.26. The van der Waals surface area contributed by atoms with Gasteiger partial charge in [0.15, 0.2) is 0 Å². The van der Waals surface area contributed by atoms with Gasteiger partial charge in [0.05, 0.1) is 5.69 Å². The van der Waals surface area contributed by atoms with E-state index in [1.165, 1.54) is 41.3 Å². The lowest BCUT2D eigenvalue weighted by Gasteiger charge is -2.29. The molecular formula is C17H30N2OS. The molecule has 1 aliphatic carbocycles. The molecule has 1 heterocycles. The summed E-state index contributed by atoms with van der Waals surface area (Å²) in [5, 5.41) is 4.50. The van der Waals surface area contributed by atoms with Crippen LogP contribution in [0.1, 0.15) is 68.0 Å². The van der Waals surface area contributed by atoms with Gasteiger partial charge in [-0.15, -0.1) is 11.3 Å². The monoisotopic (exact) mass is 310 g/mol. The molecule has 1 N–H and O–H groups in total. The van der Waals surface area contributed by atoms with Crippen LogP contribution in [-0.4, -0.2) is 19.1 Å². The summed E-state index contributed by atoms with van der Waals surface area (Å²) in [5.74, 6) is 0.642. The fourth-order valence-electron chi connectivity index (χ4n) is 3.23. The zero-order chi connectivity index (χ0) is 15.3. The normalized spacial score (nSPS) is 18.9. The van der Waals surface area contributed by atoms with Crippen LogP contribution in [0.4, 0.5) is 0 Å². The van der Waals surface area contributed by atoms with E-state index in [2.05, 4.69) is 19.2 Å². The molecule has 1 fully saturated rings. The van der Waals surface area contributed by atoms with Crippen LogP contribution >= 0.6 is 11.3 Å². The van der Waals surface area contributed by atoms with Gasteiger partial charge in [0.25, 0.3) is 0 Å². The van der Waals surface area contributed by atoms with Crippen molar-refractivity contribution in [1.29, 1.82) is 0 Å². The van der Waals surface area contributed by atoms with Crippen molar-refractivity contribution in [2.24, 2.45) is 5.92 Å². The maximum absolute atomic E-state index is 6.02. The van der Waals surface area contributed by atoms with Crippen LogP contribution in [0, 0.1) is 5.92 Å². The van der Waals surface area contributed by atoms with Crippen molar-refractivity contribution in [3.8, 4) is 0 Å². The average molecular weight is 311 g/mol. The first-order chi connectivity index (χ1) is 10.1. The van der Waals surface area contributed by atoms with Crippen molar-refractivity contribution in [1.82, 2.24) is 10.3 Å². The summed E-state index contributed by atoms with van der Waals surface area (Å²) >= 11 is 1.87. The summed E-state index contributed by atoms with van der Waals surface area (Å²) < 4.78 is 6.02. The molecule has 120 valence electrons. The molecule has 0 amide bonds. The highest BCUT2D eigenvalue weighted by Crippen LogP contribution is 2.41. The summed E-state index contributed by atoms with van der Waals surface area (Å²) in [6.07, 6.45) is 8.49. The fourth-order valence-corrected chi connectivity index (χ4v) is 4.55. The first-order valence-electron chi connectivity index (χ1n) is 8.30. The van der Waals surface area contributed by atoms with E-state index in [0.717, 1.165) is 25.8 Å². The van der Waals surface area contributed by atoms with E-state index in [9.17, 15) is 0 Å². The number of nitrogens with one attached hydrogen (secondary N) is 1. The molecule has 0 spiro atoms. The molecule has 1 aromatic heterocycles. The van der Waals surface area contributed by atoms with Crippen molar-refractivity contribution in [3.05, 3.63) is 15.6 Å². The van der Waals surface area contributed by atoms with Gasteiger partial charge in [-0.1, -0.05) is 39.5 Å². The minimum absolute atomic E-state index is 0.126. The number of rotatable bonds is 6. The molecule has 1 aliphatic rings. The topological polar surface area (TPSA) is 34.1 Å². The minimum atomic E-state index is -0.126. The van der Waals surface area contributed by atoms with Crippen LogP contribution in [0.15, 0.2) is 0 Å². The smallest absolute Gasteiger partial charge is 0.125 e. The Morgan fingerprint density at radius 3 is 2.43 bits per heavy atom. The number of nitrogens with zero attached hydrogens (tertiary/aromatic N) is 1. The molecule has 0 aromatic carbocycles. The Labute approximate surface area is 133 Å². The Bertz CT molecular complexity index is 434. The van der Waals surface area contributed by atoms with Gasteiger partial charge in [-0.3, -0.25) is 0 Å². The van der Waals surface area contributed by atoms with Gasteiger partial charge in [0.1, 0.15) is 10.6 Å².